The van der Waals surface area contributed by atoms with E-state index in [4.69, 9.17) is 0 Å². The molecule has 0 spiro atoms. The van der Waals surface area contributed by atoms with E-state index in [9.17, 15) is 4.79 Å². The molecule has 0 aliphatic rings. The van der Waals surface area contributed by atoms with Crippen LogP contribution in [0.25, 0.3) is 22.2 Å². The smallest absolute Gasteiger partial charge is 0.244 e. The lowest BCUT2D eigenvalue weighted by Gasteiger charge is -2.12. The first-order chi connectivity index (χ1) is 13.1. The van der Waals surface area contributed by atoms with Crippen molar-refractivity contribution in [3.63, 3.8) is 0 Å². The minimum Gasteiger partial charge on any atom is -0.324 e. The summed E-state index contributed by atoms with van der Waals surface area (Å²) in [6, 6.07) is 22.1. The molecule has 4 nitrogen and oxygen atoms in total. The molecule has 0 radical (unpaired) electrons. The number of aryl methyl sites for hydroxylation is 2. The van der Waals surface area contributed by atoms with E-state index in [0.29, 0.717) is 0 Å². The number of nitrogens with one attached hydrogen (secondary N) is 1. The summed E-state index contributed by atoms with van der Waals surface area (Å²) in [5, 5.41) is 3.05. The highest BCUT2D eigenvalue weighted by Gasteiger charge is 2.11. The molecule has 4 heteroatoms. The molecule has 0 aliphatic heterocycles. The first-order valence-corrected chi connectivity index (χ1v) is 8.98. The first kappa shape index (κ1) is 17.0. The first-order valence-electron chi connectivity index (χ1n) is 8.98. The predicted octanol–water partition coefficient (Wildman–Crippen LogP) is 4.96. The van der Waals surface area contributed by atoms with Gasteiger partial charge in [0.2, 0.25) is 5.91 Å². The lowest BCUT2D eigenvalue weighted by atomic mass is 10.0. The van der Waals surface area contributed by atoms with Crippen LogP contribution in [0.5, 0.6) is 0 Å². The Hall–Kier alpha value is -3.40. The topological polar surface area (TPSA) is 46.9 Å². The van der Waals surface area contributed by atoms with Gasteiger partial charge in [0.1, 0.15) is 6.54 Å². The number of hydrogen-bond donors (Lipinski definition) is 1. The van der Waals surface area contributed by atoms with E-state index >= 15 is 0 Å². The van der Waals surface area contributed by atoms with Gasteiger partial charge in [-0.25, -0.2) is 4.98 Å². The van der Waals surface area contributed by atoms with E-state index < -0.39 is 0 Å². The van der Waals surface area contributed by atoms with Crippen molar-refractivity contribution in [2.75, 3.05) is 5.32 Å². The highest BCUT2D eigenvalue weighted by molar-refractivity contribution is 5.96. The van der Waals surface area contributed by atoms with Crippen LogP contribution in [0.15, 0.2) is 73.1 Å². The number of fused-ring (bicyclic) bond motifs is 1. The lowest BCUT2D eigenvalue weighted by molar-refractivity contribution is -0.116. The zero-order valence-electron chi connectivity index (χ0n) is 15.4. The highest BCUT2D eigenvalue weighted by Crippen LogP contribution is 2.27. The summed E-state index contributed by atoms with van der Waals surface area (Å²) in [6.07, 6.45) is 1.73. The maximum Gasteiger partial charge on any atom is 0.244 e. The Morgan fingerprint density at radius 2 is 1.67 bits per heavy atom. The van der Waals surface area contributed by atoms with Crippen molar-refractivity contribution in [3.8, 4) is 11.1 Å². The molecule has 0 saturated carbocycles. The fourth-order valence-electron chi connectivity index (χ4n) is 3.25. The third kappa shape index (κ3) is 3.47. The molecule has 4 rings (SSSR count). The summed E-state index contributed by atoms with van der Waals surface area (Å²) in [6.45, 7) is 4.37. The van der Waals surface area contributed by atoms with E-state index in [-0.39, 0.29) is 12.5 Å². The van der Waals surface area contributed by atoms with Crippen LogP contribution in [0.2, 0.25) is 0 Å². The molecule has 1 amide bonds. The van der Waals surface area contributed by atoms with Crippen LogP contribution in [-0.2, 0) is 11.3 Å². The average molecular weight is 355 g/mol. The van der Waals surface area contributed by atoms with Crippen LogP contribution >= 0.6 is 0 Å². The lowest BCUT2D eigenvalue weighted by Crippen LogP contribution is -2.18. The van der Waals surface area contributed by atoms with Gasteiger partial charge in [0.25, 0.3) is 0 Å². The van der Waals surface area contributed by atoms with E-state index in [1.54, 1.807) is 6.33 Å². The van der Waals surface area contributed by atoms with Crippen LogP contribution < -0.4 is 5.32 Å². The molecule has 0 aliphatic carbocycles. The number of hydrogen-bond acceptors (Lipinski definition) is 2. The highest BCUT2D eigenvalue weighted by atomic mass is 16.1. The standard InChI is InChI=1S/C23H21N3O/c1-16-12-21-22(13-17(16)2)26(15-24-21)14-23(27)25-20-11-7-6-10-19(20)18-8-4-3-5-9-18/h3-13,15H,14H2,1-2H3,(H,25,27). The zero-order chi connectivity index (χ0) is 18.8. The van der Waals surface area contributed by atoms with E-state index in [1.165, 1.54) is 11.1 Å². The van der Waals surface area contributed by atoms with Gasteiger partial charge in [-0.3, -0.25) is 4.79 Å². The molecule has 0 unspecified atom stereocenters. The minimum absolute atomic E-state index is 0.0732. The summed E-state index contributed by atoms with van der Waals surface area (Å²) >= 11 is 0. The van der Waals surface area contributed by atoms with Gasteiger partial charge in [0.15, 0.2) is 0 Å². The SMILES string of the molecule is Cc1cc2ncn(CC(=O)Nc3ccccc3-c3ccccc3)c2cc1C. The summed E-state index contributed by atoms with van der Waals surface area (Å²) in [4.78, 5) is 17.1. The summed E-state index contributed by atoms with van der Waals surface area (Å²) in [7, 11) is 0. The van der Waals surface area contributed by atoms with Crippen molar-refractivity contribution >= 4 is 22.6 Å². The van der Waals surface area contributed by atoms with Crippen LogP contribution in [-0.4, -0.2) is 15.5 Å². The molecule has 0 atom stereocenters. The molecule has 0 saturated heterocycles. The Morgan fingerprint density at radius 3 is 2.48 bits per heavy atom. The van der Waals surface area contributed by atoms with E-state index in [2.05, 4.69) is 36.3 Å². The number of imidazole rings is 1. The molecule has 1 heterocycles. The van der Waals surface area contributed by atoms with Crippen molar-refractivity contribution in [2.24, 2.45) is 0 Å². The largest absolute Gasteiger partial charge is 0.324 e. The maximum atomic E-state index is 12.7. The van der Waals surface area contributed by atoms with Crippen molar-refractivity contribution in [2.45, 2.75) is 20.4 Å². The Labute approximate surface area is 158 Å². The summed E-state index contributed by atoms with van der Waals surface area (Å²) in [5.74, 6) is -0.0732. The van der Waals surface area contributed by atoms with Gasteiger partial charge >= 0.3 is 0 Å². The second kappa shape index (κ2) is 7.08. The summed E-state index contributed by atoms with van der Waals surface area (Å²) < 4.78 is 1.89. The molecular weight excluding hydrogens is 334 g/mol. The van der Waals surface area contributed by atoms with Gasteiger partial charge in [0.05, 0.1) is 17.4 Å². The van der Waals surface area contributed by atoms with Gasteiger partial charge in [-0.15, -0.1) is 0 Å². The van der Waals surface area contributed by atoms with E-state index in [1.807, 2.05) is 59.2 Å². The van der Waals surface area contributed by atoms with Gasteiger partial charge in [-0.1, -0.05) is 48.5 Å². The molecule has 1 N–H and O–H groups in total. The predicted molar refractivity (Wildman–Crippen MR) is 110 cm³/mol. The number of benzene rings is 3. The number of carbonyl (C=O) groups is 1. The van der Waals surface area contributed by atoms with Crippen LogP contribution in [0, 0.1) is 13.8 Å². The fraction of sp³-hybridized carbons (Fsp3) is 0.130. The Kier molecular flexibility index (Phi) is 4.47. The van der Waals surface area contributed by atoms with Crippen LogP contribution in [0.1, 0.15) is 11.1 Å². The zero-order valence-corrected chi connectivity index (χ0v) is 15.4. The van der Waals surface area contributed by atoms with Gasteiger partial charge in [0, 0.05) is 11.3 Å². The van der Waals surface area contributed by atoms with Gasteiger partial charge < -0.3 is 9.88 Å². The molecule has 0 fully saturated rings. The third-order valence-electron chi connectivity index (χ3n) is 4.84. The molecule has 1 aromatic heterocycles. The van der Waals surface area contributed by atoms with Crippen molar-refractivity contribution < 1.29 is 4.79 Å². The number of amides is 1. The Bertz CT molecular complexity index is 1110. The second-order valence-electron chi connectivity index (χ2n) is 6.76. The number of aromatic nitrogens is 2. The van der Waals surface area contributed by atoms with Crippen LogP contribution in [0.4, 0.5) is 5.69 Å². The van der Waals surface area contributed by atoms with Crippen molar-refractivity contribution in [1.82, 2.24) is 9.55 Å². The number of para-hydroxylation sites is 1. The molecule has 4 aromatic rings. The molecule has 134 valence electrons. The molecule has 27 heavy (non-hydrogen) atoms. The Balaban J connectivity index is 1.59. The second-order valence-corrected chi connectivity index (χ2v) is 6.76. The third-order valence-corrected chi connectivity index (χ3v) is 4.84. The normalized spacial score (nSPS) is 10.9. The van der Waals surface area contributed by atoms with Crippen LogP contribution in [0.3, 0.4) is 0 Å². The quantitative estimate of drug-likeness (QED) is 0.562. The number of rotatable bonds is 4. The molecule has 3 aromatic carbocycles. The van der Waals surface area contributed by atoms with E-state index in [0.717, 1.165) is 27.8 Å². The molecule has 0 bridgehead atoms. The average Bonchev–Trinajstić information content (AvgIpc) is 3.04. The molecular formula is C23H21N3O. The fourth-order valence-corrected chi connectivity index (χ4v) is 3.25. The van der Waals surface area contributed by atoms with Crippen molar-refractivity contribution in [1.29, 1.82) is 0 Å². The number of carbonyl (C=O) groups excluding carboxylic acids is 1. The maximum absolute atomic E-state index is 12.7. The summed E-state index contributed by atoms with van der Waals surface area (Å²) in [5.41, 5.74) is 7.18. The van der Waals surface area contributed by atoms with Crippen molar-refractivity contribution in [3.05, 3.63) is 84.2 Å². The number of nitrogens with zero attached hydrogens (tertiary/aromatic N) is 2. The van der Waals surface area contributed by atoms with Gasteiger partial charge in [-0.05, 0) is 48.7 Å². The van der Waals surface area contributed by atoms with Gasteiger partial charge in [-0.2, -0.15) is 0 Å². The minimum atomic E-state index is -0.0732. The Morgan fingerprint density at radius 1 is 0.963 bits per heavy atom. The number of anilines is 1. The monoisotopic (exact) mass is 355 g/mol.